The molecular formula is C17H17ClF3N. The zero-order valence-electron chi connectivity index (χ0n) is 11.8. The fourth-order valence-corrected chi connectivity index (χ4v) is 2.81. The Hall–Kier alpha value is -1.52. The van der Waals surface area contributed by atoms with E-state index < -0.39 is 11.7 Å². The van der Waals surface area contributed by atoms with Crippen LogP contribution in [-0.2, 0) is 6.18 Å². The van der Waals surface area contributed by atoms with Crippen molar-refractivity contribution in [2.24, 2.45) is 11.7 Å². The largest absolute Gasteiger partial charge is 0.416 e. The van der Waals surface area contributed by atoms with Gasteiger partial charge in [-0.15, -0.1) is 12.4 Å². The number of nitrogens with two attached hydrogens (primary N) is 1. The van der Waals surface area contributed by atoms with Crippen LogP contribution in [0.1, 0.15) is 23.5 Å². The first-order valence-electron chi connectivity index (χ1n) is 6.97. The molecule has 2 aromatic rings. The number of benzene rings is 2. The quantitative estimate of drug-likeness (QED) is 0.856. The molecule has 3 rings (SSSR count). The van der Waals surface area contributed by atoms with Gasteiger partial charge in [0.2, 0.25) is 0 Å². The van der Waals surface area contributed by atoms with E-state index in [9.17, 15) is 13.2 Å². The number of alkyl halides is 3. The van der Waals surface area contributed by atoms with Gasteiger partial charge in [0.15, 0.2) is 0 Å². The summed E-state index contributed by atoms with van der Waals surface area (Å²) >= 11 is 0. The maximum Gasteiger partial charge on any atom is 0.416 e. The van der Waals surface area contributed by atoms with Gasteiger partial charge in [-0.3, -0.25) is 0 Å². The Morgan fingerprint density at radius 1 is 1.00 bits per heavy atom. The van der Waals surface area contributed by atoms with Crippen LogP contribution in [-0.4, -0.2) is 6.54 Å². The van der Waals surface area contributed by atoms with Crippen LogP contribution in [0, 0.1) is 5.92 Å². The van der Waals surface area contributed by atoms with Gasteiger partial charge in [-0.05, 0) is 53.6 Å². The number of hydrogen-bond donors (Lipinski definition) is 1. The SMILES string of the molecule is Cl.NCC1CC1c1ccccc1-c1ccc(C(F)(F)F)cc1. The highest BCUT2D eigenvalue weighted by Crippen LogP contribution is 2.49. The van der Waals surface area contributed by atoms with Crippen LogP contribution in [0.5, 0.6) is 0 Å². The third kappa shape index (κ3) is 3.28. The number of hydrogen-bond acceptors (Lipinski definition) is 1. The van der Waals surface area contributed by atoms with Gasteiger partial charge >= 0.3 is 6.18 Å². The zero-order valence-corrected chi connectivity index (χ0v) is 12.6. The molecule has 5 heteroatoms. The van der Waals surface area contributed by atoms with Gasteiger partial charge in [-0.1, -0.05) is 36.4 Å². The van der Waals surface area contributed by atoms with Crippen molar-refractivity contribution in [1.82, 2.24) is 0 Å². The standard InChI is InChI=1S/C17H16F3N.ClH/c18-17(19,20)13-7-5-11(6-8-13)14-3-1-2-4-15(14)16-9-12(16)10-21;/h1-8,12,16H,9-10,21H2;1H. The fraction of sp³-hybridized carbons (Fsp3) is 0.294. The zero-order chi connectivity index (χ0) is 15.0. The smallest absolute Gasteiger partial charge is 0.330 e. The molecule has 22 heavy (non-hydrogen) atoms. The first kappa shape index (κ1) is 16.8. The van der Waals surface area contributed by atoms with Crippen LogP contribution in [0.4, 0.5) is 13.2 Å². The lowest BCUT2D eigenvalue weighted by molar-refractivity contribution is -0.137. The second-order valence-corrected chi connectivity index (χ2v) is 5.50. The highest BCUT2D eigenvalue weighted by molar-refractivity contribution is 5.85. The van der Waals surface area contributed by atoms with Crippen molar-refractivity contribution in [2.45, 2.75) is 18.5 Å². The van der Waals surface area contributed by atoms with E-state index in [0.29, 0.717) is 18.4 Å². The van der Waals surface area contributed by atoms with E-state index in [1.54, 1.807) is 12.1 Å². The highest BCUT2D eigenvalue weighted by Gasteiger charge is 2.38. The second kappa shape index (κ2) is 6.31. The summed E-state index contributed by atoms with van der Waals surface area (Å²) in [4.78, 5) is 0. The maximum absolute atomic E-state index is 12.6. The Labute approximate surface area is 133 Å². The minimum absolute atomic E-state index is 0. The van der Waals surface area contributed by atoms with Gasteiger partial charge in [0.25, 0.3) is 0 Å². The Bertz CT molecular complexity index is 637. The third-order valence-electron chi connectivity index (χ3n) is 4.11. The molecule has 0 amide bonds. The third-order valence-corrected chi connectivity index (χ3v) is 4.11. The van der Waals surface area contributed by atoms with Crippen LogP contribution < -0.4 is 5.73 Å². The topological polar surface area (TPSA) is 26.0 Å². The molecule has 0 aromatic heterocycles. The lowest BCUT2D eigenvalue weighted by Gasteiger charge is -2.11. The van der Waals surface area contributed by atoms with E-state index in [0.717, 1.165) is 29.7 Å². The summed E-state index contributed by atoms with van der Waals surface area (Å²) in [5, 5.41) is 0. The van der Waals surface area contributed by atoms with E-state index in [1.165, 1.54) is 5.56 Å². The molecule has 2 aromatic carbocycles. The molecule has 1 fully saturated rings. The first-order chi connectivity index (χ1) is 10.0. The summed E-state index contributed by atoms with van der Waals surface area (Å²) in [6.45, 7) is 0.659. The minimum atomic E-state index is -4.29. The monoisotopic (exact) mass is 327 g/mol. The lowest BCUT2D eigenvalue weighted by atomic mass is 9.95. The predicted molar refractivity (Wildman–Crippen MR) is 84.0 cm³/mol. The fourth-order valence-electron chi connectivity index (χ4n) is 2.81. The molecule has 1 nitrogen and oxygen atoms in total. The van der Waals surface area contributed by atoms with Crippen molar-refractivity contribution in [3.05, 3.63) is 59.7 Å². The van der Waals surface area contributed by atoms with E-state index in [4.69, 9.17) is 5.73 Å². The molecule has 2 unspecified atom stereocenters. The van der Waals surface area contributed by atoms with Crippen LogP contribution in [0.15, 0.2) is 48.5 Å². The average Bonchev–Trinajstić information content (AvgIpc) is 3.26. The molecule has 118 valence electrons. The van der Waals surface area contributed by atoms with E-state index >= 15 is 0 Å². The van der Waals surface area contributed by atoms with Gasteiger partial charge in [0.1, 0.15) is 0 Å². The summed E-state index contributed by atoms with van der Waals surface area (Å²) in [5.74, 6) is 0.939. The molecule has 0 bridgehead atoms. The Morgan fingerprint density at radius 2 is 1.64 bits per heavy atom. The van der Waals surface area contributed by atoms with Gasteiger partial charge in [-0.25, -0.2) is 0 Å². The van der Waals surface area contributed by atoms with Crippen LogP contribution in [0.3, 0.4) is 0 Å². The molecule has 2 N–H and O–H groups in total. The number of halogens is 4. The summed E-state index contributed by atoms with van der Waals surface area (Å²) in [7, 11) is 0. The van der Waals surface area contributed by atoms with Crippen molar-refractivity contribution >= 4 is 12.4 Å². The molecular weight excluding hydrogens is 311 g/mol. The van der Waals surface area contributed by atoms with E-state index in [1.807, 2.05) is 24.3 Å². The van der Waals surface area contributed by atoms with Gasteiger partial charge in [-0.2, -0.15) is 13.2 Å². The van der Waals surface area contributed by atoms with Crippen molar-refractivity contribution in [3.8, 4) is 11.1 Å². The van der Waals surface area contributed by atoms with E-state index in [2.05, 4.69) is 0 Å². The molecule has 1 aliphatic rings. The highest BCUT2D eigenvalue weighted by atomic mass is 35.5. The number of rotatable bonds is 3. The van der Waals surface area contributed by atoms with Crippen molar-refractivity contribution in [2.75, 3.05) is 6.54 Å². The van der Waals surface area contributed by atoms with Crippen molar-refractivity contribution in [3.63, 3.8) is 0 Å². The van der Waals surface area contributed by atoms with Crippen LogP contribution in [0.2, 0.25) is 0 Å². The first-order valence-corrected chi connectivity index (χ1v) is 6.97. The van der Waals surface area contributed by atoms with Gasteiger partial charge in [0, 0.05) is 0 Å². The Balaban J connectivity index is 0.00000176. The summed E-state index contributed by atoms with van der Waals surface area (Å²) in [6.07, 6.45) is -3.23. The summed E-state index contributed by atoms with van der Waals surface area (Å²) in [5.41, 5.74) is 8.09. The molecule has 0 heterocycles. The molecule has 2 atom stereocenters. The summed E-state index contributed by atoms with van der Waals surface area (Å²) < 4.78 is 37.9. The van der Waals surface area contributed by atoms with Crippen molar-refractivity contribution in [1.29, 1.82) is 0 Å². The van der Waals surface area contributed by atoms with Crippen molar-refractivity contribution < 1.29 is 13.2 Å². The Morgan fingerprint density at radius 3 is 2.18 bits per heavy atom. The minimum Gasteiger partial charge on any atom is -0.330 e. The second-order valence-electron chi connectivity index (χ2n) is 5.50. The molecule has 0 saturated heterocycles. The van der Waals surface area contributed by atoms with Crippen LogP contribution in [0.25, 0.3) is 11.1 Å². The predicted octanol–water partition coefficient (Wildman–Crippen LogP) is 4.86. The molecule has 1 aliphatic carbocycles. The molecule has 1 saturated carbocycles. The maximum atomic E-state index is 12.6. The van der Waals surface area contributed by atoms with Gasteiger partial charge in [0.05, 0.1) is 5.56 Å². The molecule has 0 aliphatic heterocycles. The van der Waals surface area contributed by atoms with Crippen LogP contribution >= 0.6 is 12.4 Å². The molecule has 0 radical (unpaired) electrons. The molecule has 0 spiro atoms. The average molecular weight is 328 g/mol. The Kier molecular flexibility index (Phi) is 4.83. The van der Waals surface area contributed by atoms with Gasteiger partial charge < -0.3 is 5.73 Å². The normalized spacial score (nSPS) is 20.4. The summed E-state index contributed by atoms with van der Waals surface area (Å²) in [6, 6.07) is 13.3. The van der Waals surface area contributed by atoms with E-state index in [-0.39, 0.29) is 12.4 Å². The lowest BCUT2D eigenvalue weighted by Crippen LogP contribution is -2.04.